The topological polar surface area (TPSA) is 86.4 Å². The van der Waals surface area contributed by atoms with Gasteiger partial charge in [0.1, 0.15) is 5.41 Å². The van der Waals surface area contributed by atoms with Gasteiger partial charge < -0.3 is 16.0 Å². The van der Waals surface area contributed by atoms with E-state index in [1.807, 2.05) is 18.2 Å². The lowest BCUT2D eigenvalue weighted by atomic mass is 9.91. The summed E-state index contributed by atoms with van der Waals surface area (Å²) in [7, 11) is 0. The molecule has 0 aromatic carbocycles. The van der Waals surface area contributed by atoms with Crippen molar-refractivity contribution in [3.05, 3.63) is 30.1 Å². The molecule has 7 heteroatoms. The van der Waals surface area contributed by atoms with E-state index in [9.17, 15) is 9.59 Å². The molecule has 1 aromatic heterocycles. The molecule has 0 atom stereocenters. The van der Waals surface area contributed by atoms with Crippen molar-refractivity contribution in [2.45, 2.75) is 26.8 Å². The highest BCUT2D eigenvalue weighted by Crippen LogP contribution is 2.15. The number of hydrogen-bond acceptors (Lipinski definition) is 5. The van der Waals surface area contributed by atoms with E-state index in [-0.39, 0.29) is 11.8 Å². The molecule has 0 aliphatic carbocycles. The van der Waals surface area contributed by atoms with Crippen LogP contribution in [-0.2, 0) is 16.1 Å². The zero-order chi connectivity index (χ0) is 18.1. The summed E-state index contributed by atoms with van der Waals surface area (Å²) >= 11 is 0. The van der Waals surface area contributed by atoms with Crippen molar-refractivity contribution >= 4 is 11.8 Å². The zero-order valence-corrected chi connectivity index (χ0v) is 15.2. The van der Waals surface area contributed by atoms with E-state index >= 15 is 0 Å². The number of pyridine rings is 1. The molecule has 2 rings (SSSR count). The molecule has 138 valence electrons. The molecular formula is C18H29N5O2. The van der Waals surface area contributed by atoms with Crippen LogP contribution in [0.2, 0.25) is 0 Å². The number of rotatable bonds is 2. The molecule has 25 heavy (non-hydrogen) atoms. The Labute approximate surface area is 149 Å². The fourth-order valence-electron chi connectivity index (χ4n) is 2.68. The van der Waals surface area contributed by atoms with Gasteiger partial charge in [-0.2, -0.15) is 0 Å². The third-order valence-corrected chi connectivity index (χ3v) is 4.38. The van der Waals surface area contributed by atoms with E-state index in [1.165, 1.54) is 0 Å². The molecule has 0 unspecified atom stereocenters. The average molecular weight is 347 g/mol. The number of carbonyl (C=O) groups excluding carboxylic acids is 2. The lowest BCUT2D eigenvalue weighted by molar-refractivity contribution is -0.141. The molecule has 0 saturated carbocycles. The summed E-state index contributed by atoms with van der Waals surface area (Å²) < 4.78 is 0. The number of nitrogens with zero attached hydrogens (tertiary/aromatic N) is 2. The summed E-state index contributed by atoms with van der Waals surface area (Å²) in [4.78, 5) is 31.2. The summed E-state index contributed by atoms with van der Waals surface area (Å²) in [5.74, 6) is -0.484. The van der Waals surface area contributed by atoms with Crippen molar-refractivity contribution in [2.75, 3.05) is 39.3 Å². The van der Waals surface area contributed by atoms with Gasteiger partial charge in [-0.05, 0) is 45.5 Å². The summed E-state index contributed by atoms with van der Waals surface area (Å²) in [6.45, 7) is 8.33. The van der Waals surface area contributed by atoms with E-state index in [0.717, 1.165) is 38.3 Å². The van der Waals surface area contributed by atoms with Gasteiger partial charge in [-0.3, -0.25) is 19.5 Å². The third-order valence-electron chi connectivity index (χ3n) is 4.38. The summed E-state index contributed by atoms with van der Waals surface area (Å²) in [5.41, 5.74) is -0.0572. The predicted molar refractivity (Wildman–Crippen MR) is 96.8 cm³/mol. The SMILES string of the molecule is CC1(C)C(=O)NCCNCCCN(Cc2ccccn2)CCNC1=O. The number of aromatic nitrogens is 1. The molecule has 1 aromatic rings. The molecule has 1 saturated heterocycles. The van der Waals surface area contributed by atoms with Crippen LogP contribution >= 0.6 is 0 Å². The minimum atomic E-state index is -1.07. The molecule has 2 heterocycles. The molecule has 0 radical (unpaired) electrons. The van der Waals surface area contributed by atoms with Gasteiger partial charge in [0.05, 0.1) is 5.69 Å². The second-order valence-electron chi connectivity index (χ2n) is 6.84. The average Bonchev–Trinajstić information content (AvgIpc) is 2.60. The lowest BCUT2D eigenvalue weighted by Crippen LogP contribution is -2.50. The van der Waals surface area contributed by atoms with Crippen LogP contribution in [0.5, 0.6) is 0 Å². The maximum Gasteiger partial charge on any atom is 0.235 e. The first-order valence-electron chi connectivity index (χ1n) is 8.90. The maximum atomic E-state index is 12.4. The Balaban J connectivity index is 1.98. The van der Waals surface area contributed by atoms with Crippen molar-refractivity contribution in [2.24, 2.45) is 5.41 Å². The van der Waals surface area contributed by atoms with Crippen LogP contribution in [0.25, 0.3) is 0 Å². The number of hydrogen-bond donors (Lipinski definition) is 3. The van der Waals surface area contributed by atoms with Gasteiger partial charge in [-0.25, -0.2) is 0 Å². The monoisotopic (exact) mass is 347 g/mol. The van der Waals surface area contributed by atoms with Crippen LogP contribution in [0.3, 0.4) is 0 Å². The maximum absolute atomic E-state index is 12.4. The zero-order valence-electron chi connectivity index (χ0n) is 15.2. The van der Waals surface area contributed by atoms with Crippen LogP contribution in [0.1, 0.15) is 26.0 Å². The Hall–Kier alpha value is -1.99. The third kappa shape index (κ3) is 6.10. The molecule has 7 nitrogen and oxygen atoms in total. The number of carbonyl (C=O) groups is 2. The Bertz CT molecular complexity index is 562. The van der Waals surface area contributed by atoms with Crippen LogP contribution in [0.15, 0.2) is 24.4 Å². The molecule has 1 aliphatic rings. The first-order chi connectivity index (χ1) is 12.0. The summed E-state index contributed by atoms with van der Waals surface area (Å²) in [5, 5.41) is 9.04. The molecule has 0 bridgehead atoms. The molecule has 3 N–H and O–H groups in total. The number of nitrogens with one attached hydrogen (secondary N) is 3. The van der Waals surface area contributed by atoms with Crippen LogP contribution in [-0.4, -0.2) is 61.0 Å². The largest absolute Gasteiger partial charge is 0.354 e. The Kier molecular flexibility index (Phi) is 7.33. The molecule has 0 spiro atoms. The molecule has 1 aliphatic heterocycles. The Morgan fingerprint density at radius 2 is 1.80 bits per heavy atom. The Morgan fingerprint density at radius 3 is 2.52 bits per heavy atom. The normalized spacial score (nSPS) is 21.0. The van der Waals surface area contributed by atoms with E-state index < -0.39 is 5.41 Å². The van der Waals surface area contributed by atoms with Crippen LogP contribution in [0, 0.1) is 5.41 Å². The van der Waals surface area contributed by atoms with Gasteiger partial charge in [-0.1, -0.05) is 6.07 Å². The van der Waals surface area contributed by atoms with Crippen molar-refractivity contribution in [1.29, 1.82) is 0 Å². The minimum Gasteiger partial charge on any atom is -0.354 e. The van der Waals surface area contributed by atoms with Crippen molar-refractivity contribution in [3.8, 4) is 0 Å². The minimum absolute atomic E-state index is 0.241. The highest BCUT2D eigenvalue weighted by molar-refractivity contribution is 6.04. The fourth-order valence-corrected chi connectivity index (χ4v) is 2.68. The van der Waals surface area contributed by atoms with Gasteiger partial charge in [0.15, 0.2) is 0 Å². The smallest absolute Gasteiger partial charge is 0.235 e. The second kappa shape index (κ2) is 9.48. The predicted octanol–water partition coefficient (Wildman–Crippen LogP) is 0.136. The molecule has 1 fully saturated rings. The number of amides is 2. The van der Waals surface area contributed by atoms with Crippen LogP contribution < -0.4 is 16.0 Å². The first kappa shape index (κ1) is 19.3. The van der Waals surface area contributed by atoms with E-state index in [1.54, 1.807) is 20.0 Å². The van der Waals surface area contributed by atoms with Gasteiger partial charge in [0.2, 0.25) is 11.8 Å². The van der Waals surface area contributed by atoms with Crippen molar-refractivity contribution < 1.29 is 9.59 Å². The summed E-state index contributed by atoms with van der Waals surface area (Å²) in [6, 6.07) is 5.90. The quantitative estimate of drug-likeness (QED) is 0.663. The lowest BCUT2D eigenvalue weighted by Gasteiger charge is -2.26. The standard InChI is InChI=1S/C18H29N5O2/c1-18(2)16(24)21-10-9-19-7-5-12-23(13-11-22-17(18)25)14-15-6-3-4-8-20-15/h3-4,6,8,19H,5,7,9-14H2,1-2H3,(H,21,24)(H,22,25). The highest BCUT2D eigenvalue weighted by atomic mass is 16.2. The fraction of sp³-hybridized carbons (Fsp3) is 0.611. The van der Waals surface area contributed by atoms with Gasteiger partial charge >= 0.3 is 0 Å². The van der Waals surface area contributed by atoms with Gasteiger partial charge in [0.25, 0.3) is 0 Å². The van der Waals surface area contributed by atoms with Crippen molar-refractivity contribution in [3.63, 3.8) is 0 Å². The van der Waals surface area contributed by atoms with Crippen molar-refractivity contribution in [1.82, 2.24) is 25.8 Å². The molecular weight excluding hydrogens is 318 g/mol. The summed E-state index contributed by atoms with van der Waals surface area (Å²) in [6.07, 6.45) is 2.80. The van der Waals surface area contributed by atoms with E-state index in [0.29, 0.717) is 19.6 Å². The van der Waals surface area contributed by atoms with E-state index in [4.69, 9.17) is 0 Å². The van der Waals surface area contributed by atoms with Gasteiger partial charge in [0, 0.05) is 38.9 Å². The van der Waals surface area contributed by atoms with Crippen LogP contribution in [0.4, 0.5) is 0 Å². The molecule has 2 amide bonds. The van der Waals surface area contributed by atoms with Gasteiger partial charge in [-0.15, -0.1) is 0 Å². The van der Waals surface area contributed by atoms with E-state index in [2.05, 4.69) is 25.8 Å². The Morgan fingerprint density at radius 1 is 1.04 bits per heavy atom. The highest BCUT2D eigenvalue weighted by Gasteiger charge is 2.35. The second-order valence-corrected chi connectivity index (χ2v) is 6.84. The first-order valence-corrected chi connectivity index (χ1v) is 8.90.